The molecule has 0 radical (unpaired) electrons. The summed E-state index contributed by atoms with van der Waals surface area (Å²) in [7, 11) is 0. The van der Waals surface area contributed by atoms with E-state index < -0.39 is 17.4 Å². The highest BCUT2D eigenvalue weighted by atomic mass is 16.5. The van der Waals surface area contributed by atoms with Crippen LogP contribution in [0.25, 0.3) is 0 Å². The van der Waals surface area contributed by atoms with Crippen LogP contribution in [0.1, 0.15) is 45.7 Å². The predicted molar refractivity (Wildman–Crippen MR) is 91.4 cm³/mol. The molecule has 0 amide bonds. The molecule has 8 nitrogen and oxygen atoms in total. The van der Waals surface area contributed by atoms with E-state index in [0.717, 1.165) is 0 Å². The van der Waals surface area contributed by atoms with Crippen LogP contribution < -0.4 is 9.47 Å². The van der Waals surface area contributed by atoms with Crippen molar-refractivity contribution < 1.29 is 29.3 Å². The zero-order chi connectivity index (χ0) is 20.2. The highest BCUT2D eigenvalue weighted by molar-refractivity contribution is 5.89. The maximum Gasteiger partial charge on any atom is 0.335 e. The van der Waals surface area contributed by atoms with Gasteiger partial charge in [-0.05, 0) is 24.3 Å². The Morgan fingerprint density at radius 3 is 1.52 bits per heavy atom. The molecule has 0 aromatic heterocycles. The van der Waals surface area contributed by atoms with Crippen molar-refractivity contribution in [1.29, 1.82) is 10.5 Å². The SMILES string of the molecule is CC(C)(c1ccc(C(=O)O)cc1OC#N)c1ccc(C(=O)O)cc1OC#N. The van der Waals surface area contributed by atoms with Crippen molar-refractivity contribution in [3.63, 3.8) is 0 Å². The second-order valence-electron chi connectivity index (χ2n) is 6.04. The molecule has 0 saturated heterocycles. The Balaban J connectivity index is 2.68. The van der Waals surface area contributed by atoms with Crippen LogP contribution in [-0.4, -0.2) is 22.2 Å². The summed E-state index contributed by atoms with van der Waals surface area (Å²) >= 11 is 0. The van der Waals surface area contributed by atoms with E-state index in [2.05, 4.69) is 0 Å². The fourth-order valence-corrected chi connectivity index (χ4v) is 2.76. The smallest absolute Gasteiger partial charge is 0.335 e. The lowest BCUT2D eigenvalue weighted by Crippen LogP contribution is -2.21. The normalized spacial score (nSPS) is 10.4. The average Bonchev–Trinajstić information content (AvgIpc) is 2.61. The van der Waals surface area contributed by atoms with Crippen LogP contribution in [0.3, 0.4) is 0 Å². The van der Waals surface area contributed by atoms with Crippen LogP contribution in [0.5, 0.6) is 11.5 Å². The van der Waals surface area contributed by atoms with Crippen molar-refractivity contribution in [3.8, 4) is 24.0 Å². The van der Waals surface area contributed by atoms with E-state index in [4.69, 9.17) is 30.2 Å². The van der Waals surface area contributed by atoms with Crippen molar-refractivity contribution in [1.82, 2.24) is 0 Å². The van der Waals surface area contributed by atoms with Gasteiger partial charge in [-0.1, -0.05) is 26.0 Å². The third kappa shape index (κ3) is 3.80. The monoisotopic (exact) mass is 366 g/mol. The zero-order valence-electron chi connectivity index (χ0n) is 14.4. The molecule has 27 heavy (non-hydrogen) atoms. The molecule has 0 unspecified atom stereocenters. The Labute approximate surface area is 154 Å². The molecule has 136 valence electrons. The first-order valence-electron chi connectivity index (χ1n) is 7.60. The van der Waals surface area contributed by atoms with Crippen LogP contribution in [0.2, 0.25) is 0 Å². The summed E-state index contributed by atoms with van der Waals surface area (Å²) in [5.41, 5.74) is -0.115. The molecular formula is C19H14N2O6. The molecule has 0 saturated carbocycles. The van der Waals surface area contributed by atoms with E-state index in [0.29, 0.717) is 11.1 Å². The first-order chi connectivity index (χ1) is 12.7. The fraction of sp³-hybridized carbons (Fsp3) is 0.158. The van der Waals surface area contributed by atoms with Crippen LogP contribution >= 0.6 is 0 Å². The molecule has 2 aromatic carbocycles. The van der Waals surface area contributed by atoms with Gasteiger partial charge >= 0.3 is 11.9 Å². The lowest BCUT2D eigenvalue weighted by atomic mass is 9.76. The number of nitriles is 2. The van der Waals surface area contributed by atoms with Gasteiger partial charge in [0.05, 0.1) is 11.1 Å². The largest absolute Gasteiger partial charge is 0.478 e. The number of benzene rings is 2. The molecule has 0 aliphatic heterocycles. The number of hydrogen-bond acceptors (Lipinski definition) is 6. The maximum atomic E-state index is 11.2. The Hall–Kier alpha value is -4.04. The summed E-state index contributed by atoms with van der Waals surface area (Å²) in [5.74, 6) is -2.29. The number of carbonyl (C=O) groups is 2. The standard InChI is InChI=1S/C19H14N2O6/c1-19(2,13-5-3-11(17(22)23)7-15(13)26-9-20)14-6-4-12(18(24)25)8-16(14)27-10-21/h3-8H,1-2H3,(H,22,23)(H,24,25). The van der Waals surface area contributed by atoms with Crippen molar-refractivity contribution in [2.75, 3.05) is 0 Å². The predicted octanol–water partition coefficient (Wildman–Crippen LogP) is 3.13. The Morgan fingerprint density at radius 1 is 0.852 bits per heavy atom. The summed E-state index contributed by atoms with van der Waals surface area (Å²) in [6, 6.07) is 8.16. The molecule has 2 aromatic rings. The molecule has 0 fully saturated rings. The van der Waals surface area contributed by atoms with Gasteiger partial charge in [-0.25, -0.2) is 9.59 Å². The van der Waals surface area contributed by atoms with Crippen molar-refractivity contribution >= 4 is 11.9 Å². The van der Waals surface area contributed by atoms with Gasteiger partial charge in [-0.3, -0.25) is 0 Å². The lowest BCUT2D eigenvalue weighted by molar-refractivity contribution is 0.0686. The van der Waals surface area contributed by atoms with Gasteiger partial charge in [0.15, 0.2) is 0 Å². The van der Waals surface area contributed by atoms with E-state index >= 15 is 0 Å². The highest BCUT2D eigenvalue weighted by Crippen LogP contribution is 2.42. The van der Waals surface area contributed by atoms with E-state index in [-0.39, 0.29) is 22.6 Å². The Morgan fingerprint density at radius 2 is 1.22 bits per heavy atom. The van der Waals surface area contributed by atoms with Crippen molar-refractivity contribution in [2.24, 2.45) is 0 Å². The minimum atomic E-state index is -1.18. The quantitative estimate of drug-likeness (QED) is 0.743. The summed E-state index contributed by atoms with van der Waals surface area (Å²) in [6.07, 6.45) is 3.05. The third-order valence-corrected chi connectivity index (χ3v) is 4.12. The van der Waals surface area contributed by atoms with Gasteiger partial charge in [0, 0.05) is 16.5 Å². The second-order valence-corrected chi connectivity index (χ2v) is 6.04. The average molecular weight is 366 g/mol. The van der Waals surface area contributed by atoms with Crippen molar-refractivity contribution in [2.45, 2.75) is 19.3 Å². The van der Waals surface area contributed by atoms with Gasteiger partial charge in [-0.2, -0.15) is 0 Å². The number of nitrogens with zero attached hydrogens (tertiary/aromatic N) is 2. The third-order valence-electron chi connectivity index (χ3n) is 4.12. The van der Waals surface area contributed by atoms with Gasteiger partial charge in [0.1, 0.15) is 11.5 Å². The summed E-state index contributed by atoms with van der Waals surface area (Å²) in [4.78, 5) is 22.4. The topological polar surface area (TPSA) is 141 Å². The molecule has 0 aliphatic carbocycles. The second kappa shape index (κ2) is 7.46. The van der Waals surface area contributed by atoms with E-state index in [1.165, 1.54) is 48.9 Å². The number of hydrogen-bond donors (Lipinski definition) is 2. The zero-order valence-corrected chi connectivity index (χ0v) is 14.4. The summed E-state index contributed by atoms with van der Waals surface area (Å²) in [5, 5.41) is 36.1. The molecule has 0 aliphatic rings. The molecule has 0 heterocycles. The lowest BCUT2D eigenvalue weighted by Gasteiger charge is -2.28. The van der Waals surface area contributed by atoms with Crippen LogP contribution in [0, 0.1) is 23.0 Å². The minimum Gasteiger partial charge on any atom is -0.478 e. The fourth-order valence-electron chi connectivity index (χ4n) is 2.76. The first kappa shape index (κ1) is 19.3. The van der Waals surface area contributed by atoms with Gasteiger partial charge < -0.3 is 19.7 Å². The number of rotatable bonds is 6. The van der Waals surface area contributed by atoms with Crippen LogP contribution in [0.15, 0.2) is 36.4 Å². The van der Waals surface area contributed by atoms with Gasteiger partial charge in [-0.15, -0.1) is 10.5 Å². The minimum absolute atomic E-state index is 0.0348. The van der Waals surface area contributed by atoms with Gasteiger partial charge in [0.25, 0.3) is 12.5 Å². The molecule has 8 heteroatoms. The molecule has 2 rings (SSSR count). The summed E-state index contributed by atoms with van der Waals surface area (Å²) < 4.78 is 9.88. The number of carboxylic acid groups (broad SMARTS) is 2. The highest BCUT2D eigenvalue weighted by Gasteiger charge is 2.31. The van der Waals surface area contributed by atoms with Crippen LogP contribution in [-0.2, 0) is 5.41 Å². The van der Waals surface area contributed by atoms with E-state index in [1.54, 1.807) is 13.8 Å². The molecule has 2 N–H and O–H groups in total. The number of aromatic carboxylic acids is 2. The van der Waals surface area contributed by atoms with E-state index in [1.807, 2.05) is 0 Å². The molecule has 0 bridgehead atoms. The maximum absolute atomic E-state index is 11.2. The number of carboxylic acids is 2. The summed E-state index contributed by atoms with van der Waals surface area (Å²) in [6.45, 7) is 3.49. The molecular weight excluding hydrogens is 352 g/mol. The Kier molecular flexibility index (Phi) is 5.33. The molecule has 0 atom stereocenters. The van der Waals surface area contributed by atoms with Crippen molar-refractivity contribution in [3.05, 3.63) is 58.7 Å². The molecule has 0 spiro atoms. The van der Waals surface area contributed by atoms with Crippen LogP contribution in [0.4, 0.5) is 0 Å². The van der Waals surface area contributed by atoms with E-state index in [9.17, 15) is 9.59 Å². The Bertz CT molecular complexity index is 919. The first-order valence-corrected chi connectivity index (χ1v) is 7.60. The van der Waals surface area contributed by atoms with Gasteiger partial charge in [0.2, 0.25) is 0 Å². The number of ether oxygens (including phenoxy) is 2.